The molecule has 3 nitrogen and oxygen atoms in total. The van der Waals surface area contributed by atoms with Crippen molar-refractivity contribution in [3.8, 4) is 27.9 Å². The molecular formula is C58H36N2OS. The van der Waals surface area contributed by atoms with E-state index < -0.39 is 0 Å². The highest BCUT2D eigenvalue weighted by Crippen LogP contribution is 2.50. The first-order chi connectivity index (χ1) is 30.7. The number of hydrogen-bond acceptors (Lipinski definition) is 3. The van der Waals surface area contributed by atoms with E-state index in [-0.39, 0.29) is 0 Å². The van der Waals surface area contributed by atoms with Crippen LogP contribution in [0, 0.1) is 0 Å². The zero-order chi connectivity index (χ0) is 40.7. The van der Waals surface area contributed by atoms with E-state index in [1.807, 2.05) is 11.3 Å². The van der Waals surface area contributed by atoms with Gasteiger partial charge in [-0.3, -0.25) is 0 Å². The molecule has 62 heavy (non-hydrogen) atoms. The largest absolute Gasteiger partial charge is 0.455 e. The Labute approximate surface area is 361 Å². The van der Waals surface area contributed by atoms with Gasteiger partial charge in [0, 0.05) is 53.3 Å². The lowest BCUT2D eigenvalue weighted by molar-refractivity contribution is 0.670. The molecule has 0 N–H and O–H groups in total. The number of furan rings is 1. The third-order valence-corrected chi connectivity index (χ3v) is 13.7. The van der Waals surface area contributed by atoms with Crippen LogP contribution in [0.3, 0.4) is 0 Å². The zero-order valence-electron chi connectivity index (χ0n) is 33.5. The number of anilines is 3. The average Bonchev–Trinajstić information content (AvgIpc) is 4.02. The Morgan fingerprint density at radius 2 is 1.05 bits per heavy atom. The molecule has 0 bridgehead atoms. The van der Waals surface area contributed by atoms with E-state index >= 15 is 0 Å². The molecule has 0 saturated carbocycles. The summed E-state index contributed by atoms with van der Waals surface area (Å²) < 4.78 is 11.8. The first kappa shape index (κ1) is 34.9. The van der Waals surface area contributed by atoms with Gasteiger partial charge in [0.2, 0.25) is 0 Å². The van der Waals surface area contributed by atoms with E-state index in [1.54, 1.807) is 0 Å². The van der Waals surface area contributed by atoms with Crippen LogP contribution in [-0.4, -0.2) is 4.57 Å². The van der Waals surface area contributed by atoms with Gasteiger partial charge in [0.25, 0.3) is 0 Å². The average molecular weight is 809 g/mol. The maximum atomic E-state index is 6.90. The van der Waals surface area contributed by atoms with Gasteiger partial charge < -0.3 is 13.9 Å². The van der Waals surface area contributed by atoms with Gasteiger partial charge in [-0.15, -0.1) is 11.3 Å². The number of aromatic nitrogens is 1. The second-order valence-corrected chi connectivity index (χ2v) is 17.1. The maximum Gasteiger partial charge on any atom is 0.145 e. The van der Waals surface area contributed by atoms with Crippen LogP contribution in [0.15, 0.2) is 223 Å². The molecule has 0 radical (unpaired) electrons. The molecule has 0 atom stereocenters. The highest BCUT2D eigenvalue weighted by atomic mass is 32.1. The van der Waals surface area contributed by atoms with Gasteiger partial charge in [0.15, 0.2) is 0 Å². The lowest BCUT2D eigenvalue weighted by Crippen LogP contribution is -2.11. The second-order valence-electron chi connectivity index (χ2n) is 16.0. The third kappa shape index (κ3) is 5.37. The SMILES string of the molecule is c1cc(-c2ccc(N(c3cccc4sc5ccccc5c34)c3ccc(-c4ccc5ccccc5c4)c4oc5ccccc5c34)cc2)cc(-n2c3ccccc3c3ccccc32)c1. The highest BCUT2D eigenvalue weighted by molar-refractivity contribution is 7.26. The summed E-state index contributed by atoms with van der Waals surface area (Å²) in [6, 6.07) is 79.2. The molecule has 0 unspecified atom stereocenters. The summed E-state index contributed by atoms with van der Waals surface area (Å²) in [6.07, 6.45) is 0. The van der Waals surface area contributed by atoms with Crippen LogP contribution in [0.25, 0.3) is 103 Å². The minimum atomic E-state index is 0.870. The lowest BCUT2D eigenvalue weighted by Gasteiger charge is -2.28. The smallest absolute Gasteiger partial charge is 0.145 e. The summed E-state index contributed by atoms with van der Waals surface area (Å²) in [5.41, 5.74) is 13.1. The summed E-state index contributed by atoms with van der Waals surface area (Å²) in [7, 11) is 0. The maximum absolute atomic E-state index is 6.90. The Kier molecular flexibility index (Phi) is 7.78. The normalized spacial score (nSPS) is 11.9. The molecule has 0 amide bonds. The topological polar surface area (TPSA) is 21.3 Å². The van der Waals surface area contributed by atoms with Crippen LogP contribution >= 0.6 is 11.3 Å². The Bertz CT molecular complexity index is 3830. The van der Waals surface area contributed by atoms with Gasteiger partial charge in [-0.1, -0.05) is 140 Å². The second kappa shape index (κ2) is 13.8. The summed E-state index contributed by atoms with van der Waals surface area (Å²) in [4.78, 5) is 2.45. The van der Waals surface area contributed by atoms with Gasteiger partial charge in [-0.2, -0.15) is 0 Å². The third-order valence-electron chi connectivity index (χ3n) is 12.6. The van der Waals surface area contributed by atoms with Crippen LogP contribution in [0.1, 0.15) is 0 Å². The number of hydrogen-bond donors (Lipinski definition) is 0. The van der Waals surface area contributed by atoms with E-state index in [4.69, 9.17) is 4.42 Å². The van der Waals surface area contributed by atoms with Crippen LogP contribution in [0.2, 0.25) is 0 Å². The fraction of sp³-hybridized carbons (Fsp3) is 0. The van der Waals surface area contributed by atoms with E-state index in [2.05, 4.69) is 228 Å². The summed E-state index contributed by atoms with van der Waals surface area (Å²) in [5.74, 6) is 0. The Hall–Kier alpha value is -7.92. The number of para-hydroxylation sites is 3. The van der Waals surface area contributed by atoms with E-state index in [9.17, 15) is 0 Å². The molecule has 3 heterocycles. The van der Waals surface area contributed by atoms with Crippen molar-refractivity contribution in [2.75, 3.05) is 4.90 Å². The first-order valence-corrected chi connectivity index (χ1v) is 21.9. The summed E-state index contributed by atoms with van der Waals surface area (Å²) in [6.45, 7) is 0. The van der Waals surface area contributed by atoms with Gasteiger partial charge in [-0.25, -0.2) is 0 Å². The number of nitrogens with zero attached hydrogens (tertiary/aromatic N) is 2. The number of rotatable bonds is 6. The molecule has 0 aliphatic heterocycles. The molecule has 0 aliphatic carbocycles. The molecule has 0 spiro atoms. The molecule has 0 saturated heterocycles. The lowest BCUT2D eigenvalue weighted by atomic mass is 9.97. The number of benzene rings is 10. The molecule has 13 rings (SSSR count). The predicted octanol–water partition coefficient (Wildman–Crippen LogP) is 17.0. The van der Waals surface area contributed by atoms with Crippen molar-refractivity contribution in [2.45, 2.75) is 0 Å². The quantitative estimate of drug-likeness (QED) is 0.167. The fourth-order valence-electron chi connectivity index (χ4n) is 9.76. The van der Waals surface area contributed by atoms with Crippen LogP contribution in [0.5, 0.6) is 0 Å². The van der Waals surface area contributed by atoms with E-state index in [0.29, 0.717) is 0 Å². The van der Waals surface area contributed by atoms with Crippen LogP contribution in [-0.2, 0) is 0 Å². The van der Waals surface area contributed by atoms with Gasteiger partial charge in [0.1, 0.15) is 11.2 Å². The van der Waals surface area contributed by atoms with Gasteiger partial charge >= 0.3 is 0 Å². The van der Waals surface area contributed by atoms with Crippen LogP contribution < -0.4 is 4.90 Å². The van der Waals surface area contributed by atoms with Gasteiger partial charge in [0.05, 0.1) is 27.8 Å². The van der Waals surface area contributed by atoms with Crippen molar-refractivity contribution < 1.29 is 4.42 Å². The standard InChI is InChI=1S/C58H36N2OS/c1-2-14-39-35-41(28-27-37(39)13-1)44-33-34-52(57-47-19-5-9-24-53(47)61-58(44)57)59(51-23-12-26-55-56(51)48-20-6-10-25-54(48)62-55)42-31-29-38(30-32-42)40-15-11-16-43(36-40)60-49-21-7-3-17-45(49)46-18-4-8-22-50(46)60/h1-36H. The number of fused-ring (bicyclic) bond motifs is 10. The van der Waals surface area contributed by atoms with E-state index in [1.165, 1.54) is 52.8 Å². The molecule has 10 aromatic carbocycles. The molecule has 3 aromatic heterocycles. The Balaban J connectivity index is 1.01. The van der Waals surface area contributed by atoms with Crippen molar-refractivity contribution in [1.82, 2.24) is 4.57 Å². The molecule has 0 aliphatic rings. The van der Waals surface area contributed by atoms with Gasteiger partial charge in [-0.05, 0) is 106 Å². The Morgan fingerprint density at radius 3 is 1.87 bits per heavy atom. The summed E-state index contributed by atoms with van der Waals surface area (Å²) in [5, 5.41) is 9.63. The zero-order valence-corrected chi connectivity index (χ0v) is 34.3. The van der Waals surface area contributed by atoms with Crippen molar-refractivity contribution >= 4 is 103 Å². The highest BCUT2D eigenvalue weighted by Gasteiger charge is 2.25. The predicted molar refractivity (Wildman–Crippen MR) is 264 cm³/mol. The first-order valence-electron chi connectivity index (χ1n) is 21.1. The molecule has 290 valence electrons. The minimum absolute atomic E-state index is 0.870. The minimum Gasteiger partial charge on any atom is -0.455 e. The molecule has 0 fully saturated rings. The van der Waals surface area contributed by atoms with E-state index in [0.717, 1.165) is 66.9 Å². The molecular weight excluding hydrogens is 773 g/mol. The van der Waals surface area contributed by atoms with Crippen LogP contribution in [0.4, 0.5) is 17.1 Å². The fourth-order valence-corrected chi connectivity index (χ4v) is 10.9. The number of thiophene rings is 1. The summed E-state index contributed by atoms with van der Waals surface area (Å²) >= 11 is 1.85. The van der Waals surface area contributed by atoms with Crippen molar-refractivity contribution in [3.05, 3.63) is 218 Å². The molecule has 4 heteroatoms. The van der Waals surface area contributed by atoms with Crippen molar-refractivity contribution in [1.29, 1.82) is 0 Å². The monoisotopic (exact) mass is 808 g/mol. The molecule has 13 aromatic rings. The van der Waals surface area contributed by atoms with Crippen molar-refractivity contribution in [3.63, 3.8) is 0 Å². The van der Waals surface area contributed by atoms with Crippen molar-refractivity contribution in [2.24, 2.45) is 0 Å². The Morgan fingerprint density at radius 1 is 0.403 bits per heavy atom.